The lowest BCUT2D eigenvalue weighted by Gasteiger charge is -2.64. The van der Waals surface area contributed by atoms with E-state index in [2.05, 4.69) is 39.5 Å². The van der Waals surface area contributed by atoms with Crippen LogP contribution in [0.15, 0.2) is 0 Å². The minimum Gasteiger partial charge on any atom is -0.390 e. The zero-order valence-corrected chi connectivity index (χ0v) is 29.0. The van der Waals surface area contributed by atoms with E-state index in [4.69, 9.17) is 18.9 Å². The van der Waals surface area contributed by atoms with E-state index in [0.717, 1.165) is 58.6 Å². The molecule has 0 aromatic rings. The molecule has 3 heterocycles. The van der Waals surface area contributed by atoms with Gasteiger partial charge < -0.3 is 34.3 Å². The quantitative estimate of drug-likeness (QED) is 0.412. The third kappa shape index (κ3) is 4.12. The van der Waals surface area contributed by atoms with Crippen molar-refractivity contribution in [2.75, 3.05) is 32.9 Å². The van der Waals surface area contributed by atoms with E-state index in [1.54, 1.807) is 13.8 Å². The zero-order valence-electron chi connectivity index (χ0n) is 29.0. The monoisotopic (exact) mass is 631 g/mol. The molecule has 0 amide bonds. The molecular formula is C37H61NO7. The van der Waals surface area contributed by atoms with Crippen molar-refractivity contribution in [3.8, 4) is 0 Å². The molecule has 8 aliphatic rings. The van der Waals surface area contributed by atoms with E-state index < -0.39 is 23.9 Å². The SMILES string of the molecule is C[C@@H]1CC([C@H](O)C(C)(C)O)O[C@@H]2[C@H]1C1(C)CCC34CC35CCC(OC3CN(C6COC6)CCO3)C(C)(C)[C@@H]5CCC4[C@]1(C)[C@H]2O. The summed E-state index contributed by atoms with van der Waals surface area (Å²) in [7, 11) is 0. The highest BCUT2D eigenvalue weighted by atomic mass is 16.7. The average Bonchev–Trinajstić information content (AvgIpc) is 3.57. The summed E-state index contributed by atoms with van der Waals surface area (Å²) in [5.41, 5.74) is -0.794. The van der Waals surface area contributed by atoms with Crippen LogP contribution >= 0.6 is 0 Å². The molecule has 8 heteroatoms. The first-order chi connectivity index (χ1) is 21.1. The highest BCUT2D eigenvalue weighted by molar-refractivity contribution is 5.33. The second kappa shape index (κ2) is 10.1. The van der Waals surface area contributed by atoms with Crippen LogP contribution < -0.4 is 0 Å². The van der Waals surface area contributed by atoms with Crippen molar-refractivity contribution >= 4 is 0 Å². The predicted molar refractivity (Wildman–Crippen MR) is 169 cm³/mol. The normalized spacial score (nSPS) is 54.9. The lowest BCUT2D eigenvalue weighted by Crippen LogP contribution is -2.60. The van der Waals surface area contributed by atoms with E-state index in [1.807, 2.05) is 0 Å². The molecule has 0 aromatic carbocycles. The Hall–Kier alpha value is -0.320. The summed E-state index contributed by atoms with van der Waals surface area (Å²) in [5.74, 6) is 1.67. The summed E-state index contributed by atoms with van der Waals surface area (Å²) in [5, 5.41) is 34.1. The fourth-order valence-electron chi connectivity index (χ4n) is 13.9. The molecular weight excluding hydrogens is 570 g/mol. The number of aliphatic hydroxyl groups excluding tert-OH is 2. The third-order valence-electron chi connectivity index (χ3n) is 16.4. The standard InChI is InChI=1S/C37H61NO7/c1-21-16-23(30(39)33(4,5)41)44-29-28(21)34(6)12-13-37-20-36(37)11-10-26(45-27-17-38(14-15-43-27)22-18-42-19-22)32(2,3)24(36)8-9-25(37)35(34,7)31(29)40/h21-31,39-41H,8-20H2,1-7H3/t21-,23?,24+,25?,26?,27?,28+,29-,30+,31+,34?,35-,36?,37?/m1/s1. The van der Waals surface area contributed by atoms with E-state index in [-0.39, 0.29) is 40.7 Å². The Balaban J connectivity index is 1.03. The van der Waals surface area contributed by atoms with Gasteiger partial charge in [0.1, 0.15) is 6.10 Å². The first-order valence-electron chi connectivity index (χ1n) is 18.4. The van der Waals surface area contributed by atoms with Crippen LogP contribution in [0.3, 0.4) is 0 Å². The predicted octanol–water partition coefficient (Wildman–Crippen LogP) is 4.37. The van der Waals surface area contributed by atoms with Crippen molar-refractivity contribution in [1.29, 1.82) is 0 Å². The van der Waals surface area contributed by atoms with Gasteiger partial charge in [-0.25, -0.2) is 0 Å². The van der Waals surface area contributed by atoms with Gasteiger partial charge in [0.2, 0.25) is 0 Å². The number of aliphatic hydroxyl groups is 3. The van der Waals surface area contributed by atoms with Crippen LogP contribution in [0.25, 0.3) is 0 Å². The van der Waals surface area contributed by atoms with Gasteiger partial charge in [-0.2, -0.15) is 0 Å². The van der Waals surface area contributed by atoms with Crippen molar-refractivity contribution in [2.45, 2.75) is 148 Å². The van der Waals surface area contributed by atoms with Gasteiger partial charge in [-0.05, 0) is 111 Å². The molecule has 0 aromatic heterocycles. The second-order valence-corrected chi connectivity index (χ2v) is 18.8. The summed E-state index contributed by atoms with van der Waals surface area (Å²) in [6, 6.07) is 0.517. The minimum absolute atomic E-state index is 0.0147. The van der Waals surface area contributed by atoms with Gasteiger partial charge in [-0.15, -0.1) is 0 Å². The maximum Gasteiger partial charge on any atom is 0.170 e. The lowest BCUT2D eigenvalue weighted by atomic mass is 9.41. The van der Waals surface area contributed by atoms with E-state index in [0.29, 0.717) is 34.6 Å². The van der Waals surface area contributed by atoms with Crippen LogP contribution in [0, 0.1) is 50.7 Å². The molecule has 7 unspecified atom stereocenters. The van der Waals surface area contributed by atoms with Gasteiger partial charge in [-0.3, -0.25) is 4.90 Å². The van der Waals surface area contributed by atoms with Gasteiger partial charge in [0.25, 0.3) is 0 Å². The Bertz CT molecular complexity index is 1170. The smallest absolute Gasteiger partial charge is 0.170 e. The Kier molecular flexibility index (Phi) is 7.18. The molecule has 3 aliphatic heterocycles. The highest BCUT2D eigenvalue weighted by Gasteiger charge is 2.84. The molecule has 0 radical (unpaired) electrons. The fourth-order valence-corrected chi connectivity index (χ4v) is 13.9. The second-order valence-electron chi connectivity index (χ2n) is 18.8. The average molecular weight is 632 g/mol. The number of nitrogens with zero attached hydrogens (tertiary/aromatic N) is 1. The Labute approximate surface area is 270 Å². The van der Waals surface area contributed by atoms with Gasteiger partial charge in [0.15, 0.2) is 6.29 Å². The van der Waals surface area contributed by atoms with Crippen LogP contribution in [0.5, 0.6) is 0 Å². The Morgan fingerprint density at radius 3 is 2.38 bits per heavy atom. The lowest BCUT2D eigenvalue weighted by molar-refractivity contribution is -0.256. The molecule has 256 valence electrons. The summed E-state index contributed by atoms with van der Waals surface area (Å²) < 4.78 is 25.2. The molecule has 8 rings (SSSR count). The molecule has 8 fully saturated rings. The van der Waals surface area contributed by atoms with Crippen LogP contribution in [0.1, 0.15) is 99.8 Å². The molecule has 3 saturated heterocycles. The summed E-state index contributed by atoms with van der Waals surface area (Å²) in [6.45, 7) is 19.7. The Morgan fingerprint density at radius 2 is 1.69 bits per heavy atom. The highest BCUT2D eigenvalue weighted by Crippen LogP contribution is 2.89. The van der Waals surface area contributed by atoms with Crippen molar-refractivity contribution in [2.24, 2.45) is 50.7 Å². The first kappa shape index (κ1) is 31.9. The number of hydrogen-bond donors (Lipinski definition) is 3. The van der Waals surface area contributed by atoms with Gasteiger partial charge in [0.05, 0.1) is 62.4 Å². The van der Waals surface area contributed by atoms with Crippen LogP contribution in [-0.2, 0) is 18.9 Å². The van der Waals surface area contributed by atoms with Crippen LogP contribution in [0.4, 0.5) is 0 Å². The van der Waals surface area contributed by atoms with Crippen LogP contribution in [0.2, 0.25) is 0 Å². The minimum atomic E-state index is -1.24. The van der Waals surface area contributed by atoms with Gasteiger partial charge in [-0.1, -0.05) is 34.6 Å². The van der Waals surface area contributed by atoms with Crippen molar-refractivity contribution in [1.82, 2.24) is 4.90 Å². The fraction of sp³-hybridized carbons (Fsp3) is 1.00. The molecule has 3 N–H and O–H groups in total. The van der Waals surface area contributed by atoms with Crippen molar-refractivity contribution < 1.29 is 34.3 Å². The number of hydrogen-bond acceptors (Lipinski definition) is 8. The third-order valence-corrected chi connectivity index (χ3v) is 16.4. The zero-order chi connectivity index (χ0) is 31.9. The number of rotatable bonds is 5. The molecule has 0 bridgehead atoms. The van der Waals surface area contributed by atoms with Gasteiger partial charge >= 0.3 is 0 Å². The van der Waals surface area contributed by atoms with Crippen molar-refractivity contribution in [3.05, 3.63) is 0 Å². The number of morpholine rings is 1. The number of ether oxygens (including phenoxy) is 4. The maximum atomic E-state index is 12.4. The molecule has 5 saturated carbocycles. The Morgan fingerprint density at radius 1 is 0.978 bits per heavy atom. The largest absolute Gasteiger partial charge is 0.390 e. The molecule has 8 nitrogen and oxygen atoms in total. The van der Waals surface area contributed by atoms with Crippen LogP contribution in [-0.4, -0.2) is 102 Å². The van der Waals surface area contributed by atoms with E-state index >= 15 is 0 Å². The van der Waals surface area contributed by atoms with E-state index in [9.17, 15) is 15.3 Å². The summed E-state index contributed by atoms with van der Waals surface area (Å²) in [4.78, 5) is 2.50. The number of fused-ring (bicyclic) bond motifs is 4. The van der Waals surface area contributed by atoms with E-state index in [1.165, 1.54) is 25.7 Å². The summed E-state index contributed by atoms with van der Waals surface area (Å²) in [6.07, 6.45) is 6.81. The first-order valence-corrected chi connectivity index (χ1v) is 18.4. The maximum absolute atomic E-state index is 12.4. The topological polar surface area (TPSA) is 101 Å². The molecule has 45 heavy (non-hydrogen) atoms. The van der Waals surface area contributed by atoms with Gasteiger partial charge in [0, 0.05) is 12.0 Å². The molecule has 5 aliphatic carbocycles. The van der Waals surface area contributed by atoms with Crippen molar-refractivity contribution in [3.63, 3.8) is 0 Å². The molecule has 14 atom stereocenters. The summed E-state index contributed by atoms with van der Waals surface area (Å²) >= 11 is 0. The molecule has 2 spiro atoms.